The molecule has 0 saturated heterocycles. The van der Waals surface area contributed by atoms with Crippen molar-refractivity contribution in [3.05, 3.63) is 34.9 Å². The maximum atomic E-state index is 11.5. The number of aryl methyl sites for hydroxylation is 2. The number of nitrogens with zero attached hydrogens (tertiary/aromatic N) is 1. The zero-order valence-electron chi connectivity index (χ0n) is 13.4. The lowest BCUT2D eigenvalue weighted by Gasteiger charge is -2.47. The first-order valence-electron chi connectivity index (χ1n) is 8.06. The van der Waals surface area contributed by atoms with Crippen molar-refractivity contribution < 1.29 is 5.11 Å². The highest BCUT2D eigenvalue weighted by Crippen LogP contribution is 2.58. The lowest BCUT2D eigenvalue weighted by atomic mass is 9.57. The van der Waals surface area contributed by atoms with E-state index in [1.165, 1.54) is 11.1 Å². The van der Waals surface area contributed by atoms with Crippen molar-refractivity contribution in [3.63, 3.8) is 0 Å². The summed E-state index contributed by atoms with van der Waals surface area (Å²) >= 11 is 0. The first-order valence-corrected chi connectivity index (χ1v) is 8.06. The summed E-state index contributed by atoms with van der Waals surface area (Å²) in [6, 6.07) is 8.88. The molecule has 2 aliphatic carbocycles. The van der Waals surface area contributed by atoms with Crippen LogP contribution in [0.4, 0.5) is 0 Å². The highest BCUT2D eigenvalue weighted by atomic mass is 16.3. The molecule has 3 rings (SSSR count). The number of fused-ring (bicyclic) bond motifs is 1. The predicted octanol–water partition coefficient (Wildman–Crippen LogP) is 4.24. The van der Waals surface area contributed by atoms with E-state index in [1.54, 1.807) is 0 Å². The lowest BCUT2D eigenvalue weighted by molar-refractivity contribution is -0.0900. The molecule has 1 atom stereocenters. The molecular formula is C19H25NO. The highest BCUT2D eigenvalue weighted by Gasteiger charge is 2.56. The number of nitriles is 1. The zero-order valence-corrected chi connectivity index (χ0v) is 13.4. The van der Waals surface area contributed by atoms with Gasteiger partial charge < -0.3 is 5.11 Å². The minimum atomic E-state index is -0.959. The van der Waals surface area contributed by atoms with Crippen LogP contribution in [-0.2, 0) is 12.0 Å². The normalized spacial score (nSPS) is 29.7. The predicted molar refractivity (Wildman–Crippen MR) is 83.7 cm³/mol. The Morgan fingerprint density at radius 1 is 1.10 bits per heavy atom. The first kappa shape index (κ1) is 14.6. The van der Waals surface area contributed by atoms with E-state index in [-0.39, 0.29) is 0 Å². The molecule has 2 heteroatoms. The van der Waals surface area contributed by atoms with Gasteiger partial charge in [-0.05, 0) is 62.0 Å². The Labute approximate surface area is 127 Å². The van der Waals surface area contributed by atoms with Gasteiger partial charge in [0.2, 0.25) is 0 Å². The summed E-state index contributed by atoms with van der Waals surface area (Å²) in [4.78, 5) is 0. The molecule has 0 radical (unpaired) electrons. The summed E-state index contributed by atoms with van der Waals surface area (Å²) < 4.78 is 0. The number of aliphatic hydroxyl groups is 1. The molecule has 2 aliphatic rings. The van der Waals surface area contributed by atoms with E-state index in [9.17, 15) is 10.4 Å². The standard InChI is InChI=1S/C19H25NO/c1-14-4-5-15-6-7-19(21,16(15)12-14)18(13-20)10-8-17(2,3)9-11-18/h4-5,12,21H,6-11H2,1-3H3. The first-order chi connectivity index (χ1) is 9.82. The van der Waals surface area contributed by atoms with Crippen molar-refractivity contribution in [1.29, 1.82) is 5.26 Å². The van der Waals surface area contributed by atoms with Gasteiger partial charge in [0, 0.05) is 0 Å². The molecule has 0 spiro atoms. The van der Waals surface area contributed by atoms with Gasteiger partial charge >= 0.3 is 0 Å². The fourth-order valence-corrected chi connectivity index (χ4v) is 4.21. The van der Waals surface area contributed by atoms with E-state index in [1.807, 2.05) is 0 Å². The quantitative estimate of drug-likeness (QED) is 0.837. The molecule has 1 saturated carbocycles. The average molecular weight is 283 g/mol. The van der Waals surface area contributed by atoms with Crippen molar-refractivity contribution in [3.8, 4) is 6.07 Å². The van der Waals surface area contributed by atoms with Gasteiger partial charge in [0.15, 0.2) is 0 Å². The van der Waals surface area contributed by atoms with Gasteiger partial charge in [-0.25, -0.2) is 0 Å². The van der Waals surface area contributed by atoms with Crippen LogP contribution in [0.5, 0.6) is 0 Å². The minimum absolute atomic E-state index is 0.296. The topological polar surface area (TPSA) is 44.0 Å². The second-order valence-electron chi connectivity index (χ2n) is 7.88. The summed E-state index contributed by atoms with van der Waals surface area (Å²) in [6.45, 7) is 6.60. The van der Waals surface area contributed by atoms with Gasteiger partial charge in [0.25, 0.3) is 0 Å². The average Bonchev–Trinajstić information content (AvgIpc) is 2.78. The summed E-state index contributed by atoms with van der Waals surface area (Å²) in [6.07, 6.45) is 5.23. The van der Waals surface area contributed by atoms with Gasteiger partial charge in [0.1, 0.15) is 5.60 Å². The van der Waals surface area contributed by atoms with Crippen LogP contribution in [-0.4, -0.2) is 5.11 Å². The van der Waals surface area contributed by atoms with Gasteiger partial charge in [0.05, 0.1) is 11.5 Å². The molecular weight excluding hydrogens is 258 g/mol. The Bertz CT molecular complexity index is 600. The van der Waals surface area contributed by atoms with Crippen LogP contribution in [0.2, 0.25) is 0 Å². The van der Waals surface area contributed by atoms with Crippen LogP contribution < -0.4 is 0 Å². The molecule has 0 bridgehead atoms. The van der Waals surface area contributed by atoms with E-state index in [4.69, 9.17) is 0 Å². The van der Waals surface area contributed by atoms with Crippen molar-refractivity contribution >= 4 is 0 Å². The van der Waals surface area contributed by atoms with Gasteiger partial charge in [-0.15, -0.1) is 0 Å². The maximum Gasteiger partial charge on any atom is 0.109 e. The van der Waals surface area contributed by atoms with Crippen LogP contribution in [0.25, 0.3) is 0 Å². The van der Waals surface area contributed by atoms with Crippen LogP contribution in [0.15, 0.2) is 18.2 Å². The van der Waals surface area contributed by atoms with E-state index >= 15 is 0 Å². The molecule has 21 heavy (non-hydrogen) atoms. The third kappa shape index (κ3) is 2.10. The summed E-state index contributed by atoms with van der Waals surface area (Å²) in [5.74, 6) is 0. The summed E-state index contributed by atoms with van der Waals surface area (Å²) in [7, 11) is 0. The molecule has 1 aromatic carbocycles. The zero-order chi connectivity index (χ0) is 15.3. The second kappa shape index (κ2) is 4.58. The van der Waals surface area contributed by atoms with Crippen molar-refractivity contribution in [2.75, 3.05) is 0 Å². The fourth-order valence-electron chi connectivity index (χ4n) is 4.21. The van der Waals surface area contributed by atoms with E-state index in [0.717, 1.165) is 37.7 Å². The van der Waals surface area contributed by atoms with Crippen molar-refractivity contribution in [2.24, 2.45) is 10.8 Å². The van der Waals surface area contributed by atoms with Gasteiger partial charge in [-0.3, -0.25) is 0 Å². The van der Waals surface area contributed by atoms with Crippen molar-refractivity contribution in [2.45, 2.75) is 64.9 Å². The largest absolute Gasteiger partial charge is 0.383 e. The molecule has 1 fully saturated rings. The number of hydrogen-bond donors (Lipinski definition) is 1. The molecule has 0 aliphatic heterocycles. The number of rotatable bonds is 1. The Hall–Kier alpha value is -1.33. The highest BCUT2D eigenvalue weighted by molar-refractivity contribution is 5.43. The molecule has 1 unspecified atom stereocenters. The second-order valence-corrected chi connectivity index (χ2v) is 7.88. The third-order valence-corrected chi connectivity index (χ3v) is 5.93. The van der Waals surface area contributed by atoms with Crippen molar-refractivity contribution in [1.82, 2.24) is 0 Å². The fraction of sp³-hybridized carbons (Fsp3) is 0.632. The van der Waals surface area contributed by atoms with E-state index in [2.05, 4.69) is 45.0 Å². The third-order valence-electron chi connectivity index (χ3n) is 5.93. The molecule has 1 aromatic rings. The van der Waals surface area contributed by atoms with E-state index in [0.29, 0.717) is 11.8 Å². The SMILES string of the molecule is Cc1ccc2c(c1)C(O)(C1(C#N)CCC(C)(C)CC1)CC2. The van der Waals surface area contributed by atoms with Crippen LogP contribution in [0, 0.1) is 29.1 Å². The molecule has 0 heterocycles. The summed E-state index contributed by atoms with van der Waals surface area (Å²) in [5, 5.41) is 21.4. The summed E-state index contributed by atoms with van der Waals surface area (Å²) in [5.41, 5.74) is 2.14. The maximum absolute atomic E-state index is 11.5. The Kier molecular flexibility index (Phi) is 3.19. The smallest absolute Gasteiger partial charge is 0.109 e. The molecule has 0 aromatic heterocycles. The van der Waals surface area contributed by atoms with Crippen LogP contribution >= 0.6 is 0 Å². The number of hydrogen-bond acceptors (Lipinski definition) is 2. The van der Waals surface area contributed by atoms with Gasteiger partial charge in [-0.2, -0.15) is 5.26 Å². The Balaban J connectivity index is 2.04. The Morgan fingerprint density at radius 3 is 2.38 bits per heavy atom. The molecule has 112 valence electrons. The number of benzene rings is 1. The Morgan fingerprint density at radius 2 is 1.76 bits per heavy atom. The minimum Gasteiger partial charge on any atom is -0.383 e. The van der Waals surface area contributed by atoms with Crippen LogP contribution in [0.1, 0.15) is 62.6 Å². The monoisotopic (exact) mass is 283 g/mol. The van der Waals surface area contributed by atoms with E-state index < -0.39 is 11.0 Å². The van der Waals surface area contributed by atoms with Gasteiger partial charge in [-0.1, -0.05) is 37.6 Å². The van der Waals surface area contributed by atoms with Crippen LogP contribution in [0.3, 0.4) is 0 Å². The molecule has 1 N–H and O–H groups in total. The molecule has 2 nitrogen and oxygen atoms in total. The molecule has 0 amide bonds. The lowest BCUT2D eigenvalue weighted by Crippen LogP contribution is -2.47.